The SMILES string of the molecule is Cc1cc(/C=C/C#N)cc(C)c1-c1cc(F)cc2cnc(Cl)nc12.Cc1cc(/C=C/C#N)cc(C)c1-c1cc(F)cc2cnc(Nc3ccc(C#N)cn3)nc12.N#Cc1ccc(N)nc1. The molecule has 0 atom stereocenters. The maximum atomic E-state index is 14.5. The molecule has 0 radical (unpaired) electrons. The van der Waals surface area contributed by atoms with Crippen molar-refractivity contribution in [2.24, 2.45) is 0 Å². The Morgan fingerprint density at radius 3 is 1.51 bits per heavy atom. The topological polar surface area (TPSA) is 211 Å². The molecule has 3 N–H and O–H groups in total. The van der Waals surface area contributed by atoms with Crippen molar-refractivity contribution < 1.29 is 8.78 Å². The highest BCUT2D eigenvalue weighted by atomic mass is 35.5. The van der Waals surface area contributed by atoms with Gasteiger partial charge in [0.15, 0.2) is 0 Å². The fraction of sp³-hybridized carbons (Fsp3) is 0.0800. The van der Waals surface area contributed by atoms with E-state index in [1.807, 2.05) is 76.2 Å². The molecule has 4 aromatic heterocycles. The minimum atomic E-state index is -0.377. The van der Waals surface area contributed by atoms with Gasteiger partial charge >= 0.3 is 0 Å². The molecular weight excluding hydrogens is 842 g/mol. The molecule has 0 bridgehead atoms. The van der Waals surface area contributed by atoms with Crippen molar-refractivity contribution in [2.45, 2.75) is 27.7 Å². The summed E-state index contributed by atoms with van der Waals surface area (Å²) in [6.45, 7) is 7.80. The van der Waals surface area contributed by atoms with Gasteiger partial charge in [-0.05, 0) is 144 Å². The lowest BCUT2D eigenvalue weighted by Crippen LogP contribution is -2.01. The zero-order valence-corrected chi connectivity index (χ0v) is 36.0. The summed E-state index contributed by atoms with van der Waals surface area (Å²) < 4.78 is 28.5. The first-order valence-corrected chi connectivity index (χ1v) is 19.9. The quantitative estimate of drug-likeness (QED) is 0.118. The first kappa shape index (κ1) is 45.6. The molecule has 8 aromatic rings. The summed E-state index contributed by atoms with van der Waals surface area (Å²) in [6, 6.07) is 28.0. The Labute approximate surface area is 378 Å². The third-order valence-corrected chi connectivity index (χ3v) is 9.85. The number of aromatic nitrogens is 6. The summed E-state index contributed by atoms with van der Waals surface area (Å²) in [5, 5.41) is 39.0. The number of allylic oxidation sites excluding steroid dienone is 2. The van der Waals surface area contributed by atoms with Crippen LogP contribution in [0.15, 0.2) is 110 Å². The molecule has 4 heterocycles. The molecule has 15 heteroatoms. The van der Waals surface area contributed by atoms with Crippen LogP contribution in [0.3, 0.4) is 0 Å². The van der Waals surface area contributed by atoms with Crippen LogP contribution in [-0.4, -0.2) is 29.9 Å². The van der Waals surface area contributed by atoms with Gasteiger partial charge in [0, 0.05) is 58.8 Å². The number of fused-ring (bicyclic) bond motifs is 2. The number of aryl methyl sites for hydroxylation is 4. The lowest BCUT2D eigenvalue weighted by Gasteiger charge is -2.14. The van der Waals surface area contributed by atoms with Crippen molar-refractivity contribution in [1.29, 1.82) is 21.0 Å². The number of nitrogens with zero attached hydrogens (tertiary/aromatic N) is 10. The molecule has 0 aliphatic heterocycles. The normalized spacial score (nSPS) is 10.6. The average molecular weight is 877 g/mol. The number of hydrogen-bond donors (Lipinski definition) is 2. The van der Waals surface area contributed by atoms with Crippen molar-refractivity contribution >= 4 is 63.1 Å². The second-order valence-corrected chi connectivity index (χ2v) is 14.7. The molecule has 0 saturated carbocycles. The van der Waals surface area contributed by atoms with Crippen LogP contribution in [0.2, 0.25) is 5.28 Å². The predicted molar refractivity (Wildman–Crippen MR) is 249 cm³/mol. The summed E-state index contributed by atoms with van der Waals surface area (Å²) in [7, 11) is 0. The summed E-state index contributed by atoms with van der Waals surface area (Å²) in [4.78, 5) is 25.0. The number of pyridine rings is 2. The molecule has 8 rings (SSSR count). The zero-order valence-electron chi connectivity index (χ0n) is 35.2. The number of benzene rings is 4. The van der Waals surface area contributed by atoms with Gasteiger partial charge in [-0.25, -0.2) is 38.7 Å². The van der Waals surface area contributed by atoms with Crippen LogP contribution in [0.25, 0.3) is 56.2 Å². The smallest absolute Gasteiger partial charge is 0.228 e. The van der Waals surface area contributed by atoms with Crippen molar-refractivity contribution in [1.82, 2.24) is 29.9 Å². The van der Waals surface area contributed by atoms with E-state index in [9.17, 15) is 8.78 Å². The van der Waals surface area contributed by atoms with E-state index in [0.29, 0.717) is 61.6 Å². The highest BCUT2D eigenvalue weighted by Gasteiger charge is 2.16. The van der Waals surface area contributed by atoms with E-state index in [-0.39, 0.29) is 16.9 Å². The molecule has 4 aromatic carbocycles. The Morgan fingerprint density at radius 1 is 0.585 bits per heavy atom. The number of nitrogens with one attached hydrogen (secondary N) is 1. The Hall–Kier alpha value is -8.95. The van der Waals surface area contributed by atoms with E-state index in [4.69, 9.17) is 38.4 Å². The van der Waals surface area contributed by atoms with E-state index >= 15 is 0 Å². The van der Waals surface area contributed by atoms with Crippen LogP contribution in [0.4, 0.5) is 26.4 Å². The van der Waals surface area contributed by atoms with E-state index in [1.165, 1.54) is 55.0 Å². The van der Waals surface area contributed by atoms with Gasteiger partial charge in [0.25, 0.3) is 0 Å². The molecule has 316 valence electrons. The van der Waals surface area contributed by atoms with Crippen LogP contribution in [0.1, 0.15) is 44.5 Å². The molecular formula is C50H35ClF2N12. The molecule has 0 unspecified atom stereocenters. The van der Waals surface area contributed by atoms with Gasteiger partial charge in [-0.1, -0.05) is 24.3 Å². The van der Waals surface area contributed by atoms with Crippen LogP contribution in [0, 0.1) is 84.7 Å². The molecule has 0 saturated heterocycles. The molecule has 0 amide bonds. The number of nitrogen functional groups attached to an aromatic ring is 1. The van der Waals surface area contributed by atoms with Gasteiger partial charge in [0.2, 0.25) is 11.2 Å². The fourth-order valence-corrected chi connectivity index (χ4v) is 7.19. The van der Waals surface area contributed by atoms with E-state index < -0.39 is 0 Å². The van der Waals surface area contributed by atoms with E-state index in [1.54, 1.807) is 42.6 Å². The molecule has 0 aliphatic rings. The van der Waals surface area contributed by atoms with E-state index in [0.717, 1.165) is 44.5 Å². The standard InChI is InChI=1S/C25H17FN6.C19H13ClFN3.C6H5N3/c1-15-8-17(4-3-7-27)9-16(2)23(15)21-11-20(26)10-19-14-30-25(32-24(19)21)31-22-6-5-18(12-28)13-29-22;1-11-6-13(4-3-5-22)7-12(2)17(11)16-9-15(21)8-14-10-23-19(20)24-18(14)16;7-3-5-1-2-6(8)9-4-5/h3-6,8-11,13-14H,1-2H3,(H,29,30,31,32);3-4,6-10H,1-2H3;1-2,4H,(H2,8,9)/b2*4-3+;. The van der Waals surface area contributed by atoms with Crippen molar-refractivity contribution in [3.8, 4) is 46.5 Å². The van der Waals surface area contributed by atoms with Crippen LogP contribution in [0.5, 0.6) is 0 Å². The van der Waals surface area contributed by atoms with Crippen LogP contribution >= 0.6 is 11.6 Å². The average Bonchev–Trinajstić information content (AvgIpc) is 3.28. The maximum Gasteiger partial charge on any atom is 0.228 e. The third kappa shape index (κ3) is 11.3. The molecule has 65 heavy (non-hydrogen) atoms. The van der Waals surface area contributed by atoms with Gasteiger partial charge in [-0.15, -0.1) is 0 Å². The minimum absolute atomic E-state index is 0.124. The number of rotatable bonds is 6. The van der Waals surface area contributed by atoms with E-state index in [2.05, 4.69) is 35.2 Å². The number of nitriles is 4. The number of anilines is 3. The van der Waals surface area contributed by atoms with Gasteiger partial charge < -0.3 is 11.1 Å². The predicted octanol–water partition coefficient (Wildman–Crippen LogP) is 11.4. The lowest BCUT2D eigenvalue weighted by atomic mass is 9.92. The highest BCUT2D eigenvalue weighted by molar-refractivity contribution is 6.28. The van der Waals surface area contributed by atoms with Gasteiger partial charge in [-0.2, -0.15) is 21.0 Å². The Kier molecular flexibility index (Phi) is 14.5. The van der Waals surface area contributed by atoms with Gasteiger partial charge in [0.1, 0.15) is 35.4 Å². The molecule has 0 fully saturated rings. The second kappa shape index (κ2) is 20.7. The molecule has 0 spiro atoms. The second-order valence-electron chi connectivity index (χ2n) is 14.4. The zero-order chi connectivity index (χ0) is 46.6. The summed E-state index contributed by atoms with van der Waals surface area (Å²) in [5.74, 6) is 0.516. The Bertz CT molecular complexity index is 3280. The summed E-state index contributed by atoms with van der Waals surface area (Å²) >= 11 is 5.92. The number of halogens is 3. The minimum Gasteiger partial charge on any atom is -0.384 e. The number of nitrogens with two attached hydrogens (primary N) is 1. The monoisotopic (exact) mass is 876 g/mol. The first-order valence-electron chi connectivity index (χ1n) is 19.5. The third-order valence-electron chi connectivity index (χ3n) is 9.66. The molecule has 12 nitrogen and oxygen atoms in total. The number of hydrogen-bond acceptors (Lipinski definition) is 12. The first-order chi connectivity index (χ1) is 31.3. The largest absolute Gasteiger partial charge is 0.384 e. The highest BCUT2D eigenvalue weighted by Crippen LogP contribution is 2.36. The van der Waals surface area contributed by atoms with Crippen molar-refractivity contribution in [3.05, 3.63) is 171 Å². The maximum absolute atomic E-state index is 14.5. The summed E-state index contributed by atoms with van der Waals surface area (Å²) in [6.07, 6.45) is 12.3. The van der Waals surface area contributed by atoms with Crippen LogP contribution < -0.4 is 11.1 Å². The fourth-order valence-electron chi connectivity index (χ4n) is 7.06. The Balaban J connectivity index is 0.000000186. The van der Waals surface area contributed by atoms with Gasteiger partial charge in [-0.3, -0.25) is 0 Å². The molecule has 0 aliphatic carbocycles. The Morgan fingerprint density at radius 2 is 1.06 bits per heavy atom. The van der Waals surface area contributed by atoms with Crippen LogP contribution in [-0.2, 0) is 0 Å². The van der Waals surface area contributed by atoms with Gasteiger partial charge in [0.05, 0.1) is 34.3 Å². The summed E-state index contributed by atoms with van der Waals surface area (Å²) in [5.41, 5.74) is 16.2. The van der Waals surface area contributed by atoms with Crippen molar-refractivity contribution in [2.75, 3.05) is 11.1 Å². The van der Waals surface area contributed by atoms with Crippen molar-refractivity contribution in [3.63, 3.8) is 0 Å². The lowest BCUT2D eigenvalue weighted by molar-refractivity contribution is 0.629.